The van der Waals surface area contributed by atoms with Gasteiger partial charge in [0.25, 0.3) is 0 Å². The van der Waals surface area contributed by atoms with E-state index in [1.807, 2.05) is 30.3 Å². The molecule has 1 atom stereocenters. The molecule has 0 bridgehead atoms. The number of hydrogen-bond acceptors (Lipinski definition) is 4. The molecule has 1 aromatic carbocycles. The molecular formula is C22H35N3O3S. The third-order valence-corrected chi connectivity index (χ3v) is 8.33. The summed E-state index contributed by atoms with van der Waals surface area (Å²) in [5.41, 5.74) is 0.313. The predicted molar refractivity (Wildman–Crippen MR) is 116 cm³/mol. The number of sulfonamides is 1. The van der Waals surface area contributed by atoms with Gasteiger partial charge in [0.1, 0.15) is 0 Å². The predicted octanol–water partition coefficient (Wildman–Crippen LogP) is 2.36. The number of rotatable bonds is 7. The first kappa shape index (κ1) is 22.2. The largest absolute Gasteiger partial charge is 0.352 e. The van der Waals surface area contributed by atoms with Gasteiger partial charge in [0.05, 0.1) is 11.2 Å². The number of likely N-dealkylation sites (tertiary alicyclic amines) is 1. The Morgan fingerprint density at radius 2 is 1.69 bits per heavy atom. The van der Waals surface area contributed by atoms with E-state index in [0.29, 0.717) is 25.9 Å². The Hall–Kier alpha value is -1.44. The van der Waals surface area contributed by atoms with Gasteiger partial charge in [0.2, 0.25) is 15.9 Å². The average Bonchev–Trinajstić information content (AvgIpc) is 2.75. The molecular weight excluding hydrogens is 386 g/mol. The van der Waals surface area contributed by atoms with Gasteiger partial charge >= 0.3 is 0 Å². The Morgan fingerprint density at radius 3 is 2.28 bits per heavy atom. The van der Waals surface area contributed by atoms with Crippen LogP contribution in [0.1, 0.15) is 51.5 Å². The molecule has 2 aliphatic rings. The first-order chi connectivity index (χ1) is 13.9. The van der Waals surface area contributed by atoms with E-state index < -0.39 is 15.4 Å². The number of carbonyl (C=O) groups excluding carboxylic acids is 1. The molecule has 1 aromatic rings. The van der Waals surface area contributed by atoms with Gasteiger partial charge in [-0.25, -0.2) is 12.7 Å². The van der Waals surface area contributed by atoms with Gasteiger partial charge in [0, 0.05) is 25.7 Å². The van der Waals surface area contributed by atoms with Crippen molar-refractivity contribution in [1.82, 2.24) is 14.5 Å². The molecule has 1 amide bonds. The molecule has 0 saturated carbocycles. The summed E-state index contributed by atoms with van der Waals surface area (Å²) >= 11 is 0. The lowest BCUT2D eigenvalue weighted by atomic mass is 9.72. The number of nitrogens with zero attached hydrogens (tertiary/aromatic N) is 2. The first-order valence-electron chi connectivity index (χ1n) is 10.9. The number of carbonyl (C=O) groups is 1. The number of piperidine rings is 2. The van der Waals surface area contributed by atoms with Crippen molar-refractivity contribution >= 4 is 15.9 Å². The van der Waals surface area contributed by atoms with Gasteiger partial charge in [-0.3, -0.25) is 4.79 Å². The topological polar surface area (TPSA) is 69.7 Å². The van der Waals surface area contributed by atoms with E-state index in [4.69, 9.17) is 0 Å². The molecule has 1 N–H and O–H groups in total. The van der Waals surface area contributed by atoms with Crippen molar-refractivity contribution in [3.8, 4) is 0 Å². The normalized spacial score (nSPS) is 22.1. The fraction of sp³-hybridized carbons (Fsp3) is 0.682. The zero-order valence-electron chi connectivity index (χ0n) is 17.8. The highest BCUT2D eigenvalue weighted by molar-refractivity contribution is 7.89. The second-order valence-electron chi connectivity index (χ2n) is 8.48. The van der Waals surface area contributed by atoms with E-state index in [0.717, 1.165) is 25.2 Å². The summed E-state index contributed by atoms with van der Waals surface area (Å²) in [6.45, 7) is 7.60. The van der Waals surface area contributed by atoms with Gasteiger partial charge in [-0.05, 0) is 58.2 Å². The van der Waals surface area contributed by atoms with Crippen molar-refractivity contribution in [1.29, 1.82) is 0 Å². The molecule has 6 nitrogen and oxygen atoms in total. The molecule has 2 heterocycles. The van der Waals surface area contributed by atoms with Crippen LogP contribution < -0.4 is 5.32 Å². The van der Waals surface area contributed by atoms with Crippen LogP contribution in [0.25, 0.3) is 0 Å². The second kappa shape index (κ2) is 9.58. The molecule has 2 fully saturated rings. The van der Waals surface area contributed by atoms with E-state index in [9.17, 15) is 13.2 Å². The summed E-state index contributed by atoms with van der Waals surface area (Å²) in [6, 6.07) is 9.93. The summed E-state index contributed by atoms with van der Waals surface area (Å²) < 4.78 is 26.1. The lowest BCUT2D eigenvalue weighted by Crippen LogP contribution is -2.55. The molecule has 2 aliphatic heterocycles. The Balaban J connectivity index is 1.73. The van der Waals surface area contributed by atoms with Crippen molar-refractivity contribution in [2.24, 2.45) is 0 Å². The molecule has 0 aromatic heterocycles. The van der Waals surface area contributed by atoms with Crippen LogP contribution in [0, 0.1) is 0 Å². The lowest BCUT2D eigenvalue weighted by Gasteiger charge is -2.41. The van der Waals surface area contributed by atoms with Crippen LogP contribution in [-0.2, 0) is 20.2 Å². The van der Waals surface area contributed by atoms with Gasteiger partial charge in [0.15, 0.2) is 0 Å². The van der Waals surface area contributed by atoms with Crippen LogP contribution in [0.3, 0.4) is 0 Å². The lowest BCUT2D eigenvalue weighted by molar-refractivity contribution is -0.129. The highest BCUT2D eigenvalue weighted by Crippen LogP contribution is 2.37. The summed E-state index contributed by atoms with van der Waals surface area (Å²) in [7, 11) is -3.23. The summed E-state index contributed by atoms with van der Waals surface area (Å²) in [5.74, 6) is 0.131. The molecule has 0 spiro atoms. The van der Waals surface area contributed by atoms with E-state index in [-0.39, 0.29) is 17.7 Å². The standard InChI is InChI=1S/C22H35N3O3S/c1-3-29(27,28)25-16-12-22(13-17-25,20-10-6-4-7-11-20)21(26)23-19(2)18-24-14-8-5-9-15-24/h4,6-7,10-11,19H,3,5,8-9,12-18H2,1-2H3,(H,23,26). The average molecular weight is 422 g/mol. The van der Waals surface area contributed by atoms with Gasteiger partial charge in [-0.1, -0.05) is 36.8 Å². The van der Waals surface area contributed by atoms with E-state index in [1.54, 1.807) is 11.2 Å². The Bertz CT molecular complexity index is 768. The van der Waals surface area contributed by atoms with Crippen molar-refractivity contribution in [3.05, 3.63) is 35.9 Å². The summed E-state index contributed by atoms with van der Waals surface area (Å²) in [4.78, 5) is 15.9. The molecule has 1 unspecified atom stereocenters. The van der Waals surface area contributed by atoms with E-state index >= 15 is 0 Å². The molecule has 0 radical (unpaired) electrons. The second-order valence-corrected chi connectivity index (χ2v) is 10.7. The highest BCUT2D eigenvalue weighted by Gasteiger charge is 2.44. The fourth-order valence-corrected chi connectivity index (χ4v) is 5.77. The Kier molecular flexibility index (Phi) is 7.35. The molecule has 3 rings (SSSR count). The molecule has 29 heavy (non-hydrogen) atoms. The van der Waals surface area contributed by atoms with Crippen LogP contribution in [0.4, 0.5) is 0 Å². The maximum absolute atomic E-state index is 13.5. The summed E-state index contributed by atoms with van der Waals surface area (Å²) in [5, 5.41) is 3.26. The van der Waals surface area contributed by atoms with Crippen LogP contribution in [-0.4, -0.2) is 68.0 Å². The Morgan fingerprint density at radius 1 is 1.07 bits per heavy atom. The maximum Gasteiger partial charge on any atom is 0.231 e. The van der Waals surface area contributed by atoms with Gasteiger partial charge < -0.3 is 10.2 Å². The van der Waals surface area contributed by atoms with Crippen molar-refractivity contribution in [2.45, 2.75) is 57.4 Å². The van der Waals surface area contributed by atoms with Crippen LogP contribution in [0.2, 0.25) is 0 Å². The monoisotopic (exact) mass is 421 g/mol. The minimum atomic E-state index is -3.23. The van der Waals surface area contributed by atoms with Crippen molar-refractivity contribution in [2.75, 3.05) is 38.5 Å². The van der Waals surface area contributed by atoms with E-state index in [2.05, 4.69) is 17.1 Å². The SMILES string of the molecule is CCS(=O)(=O)N1CCC(C(=O)NC(C)CN2CCCCC2)(c2ccccc2)CC1. The van der Waals surface area contributed by atoms with Crippen LogP contribution in [0.5, 0.6) is 0 Å². The third kappa shape index (κ3) is 5.19. The quantitative estimate of drug-likeness (QED) is 0.734. The Labute approximate surface area is 175 Å². The number of nitrogens with one attached hydrogen (secondary N) is 1. The van der Waals surface area contributed by atoms with Gasteiger partial charge in [-0.15, -0.1) is 0 Å². The number of amides is 1. The molecule has 7 heteroatoms. The molecule has 2 saturated heterocycles. The van der Waals surface area contributed by atoms with E-state index in [1.165, 1.54) is 19.3 Å². The maximum atomic E-state index is 13.5. The third-order valence-electron chi connectivity index (χ3n) is 6.45. The van der Waals surface area contributed by atoms with Crippen LogP contribution in [0.15, 0.2) is 30.3 Å². The zero-order valence-corrected chi connectivity index (χ0v) is 18.6. The van der Waals surface area contributed by atoms with Gasteiger partial charge in [-0.2, -0.15) is 0 Å². The first-order valence-corrected chi connectivity index (χ1v) is 12.5. The minimum Gasteiger partial charge on any atom is -0.352 e. The number of benzene rings is 1. The fourth-order valence-electron chi connectivity index (χ4n) is 4.67. The minimum absolute atomic E-state index is 0.0294. The highest BCUT2D eigenvalue weighted by atomic mass is 32.2. The smallest absolute Gasteiger partial charge is 0.231 e. The van der Waals surface area contributed by atoms with Crippen molar-refractivity contribution < 1.29 is 13.2 Å². The van der Waals surface area contributed by atoms with Crippen LogP contribution >= 0.6 is 0 Å². The summed E-state index contributed by atoms with van der Waals surface area (Å²) in [6.07, 6.45) is 4.79. The molecule has 0 aliphatic carbocycles. The van der Waals surface area contributed by atoms with Crippen molar-refractivity contribution in [3.63, 3.8) is 0 Å². The number of hydrogen-bond donors (Lipinski definition) is 1. The zero-order chi connectivity index (χ0) is 20.9. The molecule has 162 valence electrons.